The molecule has 0 fully saturated rings. The molecule has 0 spiro atoms. The van der Waals surface area contributed by atoms with E-state index in [1.807, 2.05) is 48.5 Å². The predicted molar refractivity (Wildman–Crippen MR) is 117 cm³/mol. The minimum Gasteiger partial charge on any atom is -0.487 e. The van der Waals surface area contributed by atoms with E-state index in [0.29, 0.717) is 17.9 Å². The van der Waals surface area contributed by atoms with E-state index in [0.717, 1.165) is 25.3 Å². The van der Waals surface area contributed by atoms with E-state index in [1.54, 1.807) is 18.4 Å². The Labute approximate surface area is 174 Å². The summed E-state index contributed by atoms with van der Waals surface area (Å²) in [7, 11) is 0. The first-order chi connectivity index (χ1) is 13.1. The fourth-order valence-electron chi connectivity index (χ4n) is 2.49. The quantitative estimate of drug-likeness (QED) is 0.275. The van der Waals surface area contributed by atoms with Crippen LogP contribution < -0.4 is 10.2 Å². The summed E-state index contributed by atoms with van der Waals surface area (Å²) in [5, 5.41) is 6.15. The molecule has 27 heavy (non-hydrogen) atoms. The van der Waals surface area contributed by atoms with E-state index in [9.17, 15) is 4.79 Å². The van der Waals surface area contributed by atoms with Crippen LogP contribution in [0.2, 0.25) is 0 Å². The maximum absolute atomic E-state index is 12.3. The first-order valence-electron chi connectivity index (χ1n) is 8.13. The number of nitrogens with one attached hydrogen (secondary N) is 1. The number of halogens is 2. The van der Waals surface area contributed by atoms with Gasteiger partial charge in [-0.2, -0.15) is 5.10 Å². The fraction of sp³-hybridized carbons (Fsp3) is 0.0476. The van der Waals surface area contributed by atoms with Crippen molar-refractivity contribution in [3.05, 3.63) is 87.3 Å². The van der Waals surface area contributed by atoms with Crippen molar-refractivity contribution in [2.45, 2.75) is 0 Å². The summed E-state index contributed by atoms with van der Waals surface area (Å²) >= 11 is 6.94. The molecule has 3 aromatic carbocycles. The fourth-order valence-corrected chi connectivity index (χ4v) is 3.95. The van der Waals surface area contributed by atoms with Crippen LogP contribution >= 0.6 is 31.9 Å². The standard InChI is InChI=1S/C21H16Br2N2O2/c1-2-9-27-20-18(22)10-14(11-19(20)23)13-24-25-21(26)17-8-7-15-5-3-4-6-16(15)12-17/h2-8,10-13H,1,9H2,(H,25,26). The Morgan fingerprint density at radius 3 is 2.48 bits per heavy atom. The van der Waals surface area contributed by atoms with Gasteiger partial charge in [-0.15, -0.1) is 0 Å². The lowest BCUT2D eigenvalue weighted by Crippen LogP contribution is -2.17. The molecule has 1 amide bonds. The molecule has 6 heteroatoms. The Morgan fingerprint density at radius 1 is 1.07 bits per heavy atom. The molecule has 0 saturated heterocycles. The van der Waals surface area contributed by atoms with Crippen molar-refractivity contribution in [2.24, 2.45) is 5.10 Å². The number of hydrogen-bond acceptors (Lipinski definition) is 3. The molecule has 0 aliphatic carbocycles. The number of ether oxygens (including phenoxy) is 1. The number of amides is 1. The Morgan fingerprint density at radius 2 is 1.78 bits per heavy atom. The molecule has 1 N–H and O–H groups in total. The van der Waals surface area contributed by atoms with Gasteiger partial charge in [-0.05, 0) is 72.5 Å². The minimum atomic E-state index is -0.263. The van der Waals surface area contributed by atoms with Crippen LogP contribution in [0.4, 0.5) is 0 Å². The largest absolute Gasteiger partial charge is 0.487 e. The van der Waals surface area contributed by atoms with Crippen LogP contribution in [0.3, 0.4) is 0 Å². The molecule has 3 rings (SSSR count). The number of benzene rings is 3. The molecule has 0 saturated carbocycles. The number of carbonyl (C=O) groups is 1. The molecule has 0 aliphatic heterocycles. The Balaban J connectivity index is 1.70. The molecular formula is C21H16Br2N2O2. The van der Waals surface area contributed by atoms with E-state index < -0.39 is 0 Å². The number of hydrazone groups is 1. The SMILES string of the molecule is C=CCOc1c(Br)cc(C=NNC(=O)c2ccc3ccccc3c2)cc1Br. The highest BCUT2D eigenvalue weighted by molar-refractivity contribution is 9.11. The van der Waals surface area contributed by atoms with Crippen molar-refractivity contribution < 1.29 is 9.53 Å². The lowest BCUT2D eigenvalue weighted by atomic mass is 10.1. The summed E-state index contributed by atoms with van der Waals surface area (Å²) < 4.78 is 7.14. The summed E-state index contributed by atoms with van der Waals surface area (Å²) in [6.07, 6.45) is 3.25. The normalized spacial score (nSPS) is 10.9. The zero-order chi connectivity index (χ0) is 19.2. The smallest absolute Gasteiger partial charge is 0.271 e. The Hall–Kier alpha value is -2.44. The molecule has 0 unspecified atom stereocenters. The van der Waals surface area contributed by atoms with Gasteiger partial charge in [-0.25, -0.2) is 5.43 Å². The van der Waals surface area contributed by atoms with Crippen LogP contribution in [-0.4, -0.2) is 18.7 Å². The molecule has 0 aromatic heterocycles. The number of fused-ring (bicyclic) bond motifs is 1. The van der Waals surface area contributed by atoms with Crippen LogP contribution in [0, 0.1) is 0 Å². The third-order valence-electron chi connectivity index (χ3n) is 3.76. The van der Waals surface area contributed by atoms with Gasteiger partial charge in [0.25, 0.3) is 5.91 Å². The van der Waals surface area contributed by atoms with Gasteiger partial charge in [-0.3, -0.25) is 4.79 Å². The van der Waals surface area contributed by atoms with E-state index in [1.165, 1.54) is 0 Å². The predicted octanol–water partition coefficient (Wildman–Crippen LogP) is 5.69. The molecule has 0 radical (unpaired) electrons. The van der Waals surface area contributed by atoms with E-state index in [2.05, 4.69) is 49.0 Å². The van der Waals surface area contributed by atoms with Gasteiger partial charge in [-0.1, -0.05) is 43.0 Å². The van der Waals surface area contributed by atoms with Crippen LogP contribution in [0.1, 0.15) is 15.9 Å². The first-order valence-corrected chi connectivity index (χ1v) is 9.72. The van der Waals surface area contributed by atoms with Gasteiger partial charge in [0.05, 0.1) is 15.2 Å². The lowest BCUT2D eigenvalue weighted by Gasteiger charge is -2.09. The molecule has 0 aliphatic rings. The van der Waals surface area contributed by atoms with Gasteiger partial charge >= 0.3 is 0 Å². The average Bonchev–Trinajstić information content (AvgIpc) is 2.67. The number of hydrogen-bond donors (Lipinski definition) is 1. The maximum Gasteiger partial charge on any atom is 0.271 e. The second kappa shape index (κ2) is 8.97. The second-order valence-electron chi connectivity index (χ2n) is 5.67. The highest BCUT2D eigenvalue weighted by atomic mass is 79.9. The molecular weight excluding hydrogens is 472 g/mol. The van der Waals surface area contributed by atoms with Crippen molar-refractivity contribution in [1.82, 2.24) is 5.43 Å². The van der Waals surface area contributed by atoms with Crippen LogP contribution in [0.5, 0.6) is 5.75 Å². The zero-order valence-electron chi connectivity index (χ0n) is 14.3. The van der Waals surface area contributed by atoms with E-state index in [4.69, 9.17) is 4.74 Å². The average molecular weight is 488 g/mol. The minimum absolute atomic E-state index is 0.263. The number of rotatable bonds is 6. The first kappa shape index (κ1) is 19.3. The van der Waals surface area contributed by atoms with Crippen molar-refractivity contribution in [2.75, 3.05) is 6.61 Å². The van der Waals surface area contributed by atoms with E-state index >= 15 is 0 Å². The number of carbonyl (C=O) groups excluding carboxylic acids is 1. The topological polar surface area (TPSA) is 50.7 Å². The zero-order valence-corrected chi connectivity index (χ0v) is 17.5. The highest BCUT2D eigenvalue weighted by Gasteiger charge is 2.08. The van der Waals surface area contributed by atoms with Crippen LogP contribution in [0.15, 0.2) is 81.3 Å². The van der Waals surface area contributed by atoms with Crippen molar-refractivity contribution in [3.63, 3.8) is 0 Å². The van der Waals surface area contributed by atoms with Gasteiger partial charge in [0.15, 0.2) is 0 Å². The molecule has 136 valence electrons. The van der Waals surface area contributed by atoms with Gasteiger partial charge in [0.1, 0.15) is 12.4 Å². The van der Waals surface area contributed by atoms with E-state index in [-0.39, 0.29) is 5.91 Å². The summed E-state index contributed by atoms with van der Waals surface area (Å²) in [5.74, 6) is 0.424. The Kier molecular flexibility index (Phi) is 6.42. The maximum atomic E-state index is 12.3. The van der Waals surface area contributed by atoms with Crippen LogP contribution in [-0.2, 0) is 0 Å². The molecule has 4 nitrogen and oxygen atoms in total. The van der Waals surface area contributed by atoms with Crippen molar-refractivity contribution in [1.29, 1.82) is 0 Å². The summed E-state index contributed by atoms with van der Waals surface area (Å²) in [6, 6.07) is 17.2. The van der Waals surface area contributed by atoms with Gasteiger partial charge < -0.3 is 4.74 Å². The third kappa shape index (κ3) is 4.84. The van der Waals surface area contributed by atoms with Crippen molar-refractivity contribution in [3.8, 4) is 5.75 Å². The monoisotopic (exact) mass is 486 g/mol. The third-order valence-corrected chi connectivity index (χ3v) is 4.94. The summed E-state index contributed by atoms with van der Waals surface area (Å²) in [4.78, 5) is 12.3. The lowest BCUT2D eigenvalue weighted by molar-refractivity contribution is 0.0955. The van der Waals surface area contributed by atoms with Gasteiger partial charge in [0.2, 0.25) is 0 Å². The molecule has 0 atom stereocenters. The number of nitrogens with zero attached hydrogens (tertiary/aromatic N) is 1. The molecule has 3 aromatic rings. The van der Waals surface area contributed by atoms with Crippen LogP contribution in [0.25, 0.3) is 10.8 Å². The Bertz CT molecular complexity index is 1010. The summed E-state index contributed by atoms with van der Waals surface area (Å²) in [5.41, 5.74) is 3.92. The molecule has 0 bridgehead atoms. The second-order valence-corrected chi connectivity index (χ2v) is 7.38. The summed E-state index contributed by atoms with van der Waals surface area (Å²) in [6.45, 7) is 4.04. The highest BCUT2D eigenvalue weighted by Crippen LogP contribution is 2.34. The van der Waals surface area contributed by atoms with Crippen molar-refractivity contribution >= 4 is 54.8 Å². The molecule has 0 heterocycles. The van der Waals surface area contributed by atoms with Gasteiger partial charge in [0, 0.05) is 5.56 Å².